The summed E-state index contributed by atoms with van der Waals surface area (Å²) in [7, 11) is 0. The summed E-state index contributed by atoms with van der Waals surface area (Å²) in [5.74, 6) is 5.30. The lowest BCUT2D eigenvalue weighted by molar-refractivity contribution is 0.550. The van der Waals surface area contributed by atoms with Crippen LogP contribution in [0.2, 0.25) is 0 Å². The topological polar surface area (TPSA) is 50.9 Å². The van der Waals surface area contributed by atoms with Gasteiger partial charge in [0.2, 0.25) is 0 Å². The Morgan fingerprint density at radius 1 is 1.42 bits per heavy atom. The normalized spacial score (nSPS) is 12.4. The van der Waals surface area contributed by atoms with E-state index in [9.17, 15) is 4.39 Å². The Hall–Kier alpha value is -1.30. The molecule has 2 aromatic rings. The molecule has 0 saturated heterocycles. The number of pyridine rings is 1. The molecule has 1 heterocycles. The summed E-state index contributed by atoms with van der Waals surface area (Å²) >= 11 is 3.35. The highest BCUT2D eigenvalue weighted by Gasteiger charge is 2.20. The van der Waals surface area contributed by atoms with E-state index in [4.69, 9.17) is 5.84 Å². The summed E-state index contributed by atoms with van der Waals surface area (Å²) in [5.41, 5.74) is 4.93. The van der Waals surface area contributed by atoms with Crippen LogP contribution in [0.25, 0.3) is 0 Å². The molecule has 5 heteroatoms. The summed E-state index contributed by atoms with van der Waals surface area (Å²) in [6, 6.07) is 8.17. The van der Waals surface area contributed by atoms with Crippen molar-refractivity contribution in [1.29, 1.82) is 0 Å². The molecule has 1 aromatic heterocycles. The van der Waals surface area contributed by atoms with Crippen molar-refractivity contribution >= 4 is 15.9 Å². The number of nitrogens with two attached hydrogens (primary N) is 1. The van der Waals surface area contributed by atoms with Crippen LogP contribution in [0.1, 0.15) is 29.8 Å². The Kier molecular flexibility index (Phi) is 4.63. The minimum Gasteiger partial charge on any atom is -0.271 e. The lowest BCUT2D eigenvalue weighted by Gasteiger charge is -2.19. The maximum Gasteiger partial charge on any atom is 0.128 e. The first-order valence-corrected chi connectivity index (χ1v) is 6.81. The van der Waals surface area contributed by atoms with Gasteiger partial charge in [-0.05, 0) is 36.2 Å². The average molecular weight is 324 g/mol. The molecule has 0 amide bonds. The van der Waals surface area contributed by atoms with Crippen LogP contribution in [0.4, 0.5) is 4.39 Å². The Morgan fingerprint density at radius 2 is 2.21 bits per heavy atom. The number of halogens is 2. The fourth-order valence-corrected chi connectivity index (χ4v) is 2.44. The van der Waals surface area contributed by atoms with Crippen LogP contribution in [0.15, 0.2) is 41.0 Å². The Bertz CT molecular complexity index is 574. The summed E-state index contributed by atoms with van der Waals surface area (Å²) in [5, 5.41) is 0. The van der Waals surface area contributed by atoms with Crippen LogP contribution in [0, 0.1) is 5.82 Å². The second-order valence-electron chi connectivity index (χ2n) is 4.17. The van der Waals surface area contributed by atoms with Gasteiger partial charge < -0.3 is 0 Å². The maximum absolute atomic E-state index is 14.0. The lowest BCUT2D eigenvalue weighted by atomic mass is 9.98. The number of aromatic nitrogens is 1. The largest absolute Gasteiger partial charge is 0.271 e. The van der Waals surface area contributed by atoms with E-state index in [1.54, 1.807) is 18.3 Å². The molecule has 1 unspecified atom stereocenters. The minimum atomic E-state index is -0.464. The van der Waals surface area contributed by atoms with Crippen molar-refractivity contribution in [2.75, 3.05) is 0 Å². The van der Waals surface area contributed by atoms with Crippen LogP contribution in [-0.4, -0.2) is 4.98 Å². The van der Waals surface area contributed by atoms with Gasteiger partial charge in [0.15, 0.2) is 0 Å². The first-order chi connectivity index (χ1) is 9.17. The van der Waals surface area contributed by atoms with Gasteiger partial charge >= 0.3 is 0 Å². The van der Waals surface area contributed by atoms with Crippen LogP contribution >= 0.6 is 15.9 Å². The molecule has 0 radical (unpaired) electrons. The van der Waals surface area contributed by atoms with Gasteiger partial charge in [-0.2, -0.15) is 0 Å². The second kappa shape index (κ2) is 6.23. The molecule has 0 aliphatic carbocycles. The van der Waals surface area contributed by atoms with Gasteiger partial charge in [0.05, 0.1) is 11.7 Å². The standard InChI is InChI=1S/C14H15BrFN3/c1-2-9-4-3-7-18-13(9)14(19-17)11-8-10(15)5-6-12(11)16/h3-8,14,19H,2,17H2,1H3. The number of rotatable bonds is 4. The van der Waals surface area contributed by atoms with Gasteiger partial charge in [0, 0.05) is 16.2 Å². The van der Waals surface area contributed by atoms with Crippen LogP contribution in [0.5, 0.6) is 0 Å². The molecule has 0 saturated carbocycles. The van der Waals surface area contributed by atoms with E-state index in [-0.39, 0.29) is 5.82 Å². The highest BCUT2D eigenvalue weighted by atomic mass is 79.9. The number of nitrogens with one attached hydrogen (secondary N) is 1. The Labute approximate surface area is 120 Å². The first kappa shape index (κ1) is 14.1. The Morgan fingerprint density at radius 3 is 2.89 bits per heavy atom. The molecule has 0 aliphatic heterocycles. The number of aryl methyl sites for hydroxylation is 1. The van der Waals surface area contributed by atoms with E-state index in [2.05, 4.69) is 26.3 Å². The summed E-state index contributed by atoms with van der Waals surface area (Å²) < 4.78 is 14.8. The maximum atomic E-state index is 14.0. The van der Waals surface area contributed by atoms with E-state index < -0.39 is 6.04 Å². The van der Waals surface area contributed by atoms with Crippen molar-refractivity contribution in [3.05, 3.63) is 63.6 Å². The molecule has 1 aromatic carbocycles. The molecule has 0 spiro atoms. The van der Waals surface area contributed by atoms with Gasteiger partial charge in [0.25, 0.3) is 0 Å². The Balaban J connectivity index is 2.53. The second-order valence-corrected chi connectivity index (χ2v) is 5.08. The predicted octanol–water partition coefficient (Wildman–Crippen LogP) is 3.10. The third-order valence-corrected chi connectivity index (χ3v) is 3.51. The molecule has 3 nitrogen and oxygen atoms in total. The third-order valence-electron chi connectivity index (χ3n) is 3.02. The quantitative estimate of drug-likeness (QED) is 0.671. The van der Waals surface area contributed by atoms with Gasteiger partial charge in [-0.3, -0.25) is 10.8 Å². The number of benzene rings is 1. The van der Waals surface area contributed by atoms with Crippen LogP contribution in [-0.2, 0) is 6.42 Å². The van der Waals surface area contributed by atoms with E-state index >= 15 is 0 Å². The van der Waals surface area contributed by atoms with E-state index in [1.165, 1.54) is 6.07 Å². The molecule has 3 N–H and O–H groups in total. The predicted molar refractivity (Wildman–Crippen MR) is 76.9 cm³/mol. The fourth-order valence-electron chi connectivity index (χ4n) is 2.06. The fraction of sp³-hybridized carbons (Fsp3) is 0.214. The molecular formula is C14H15BrFN3. The zero-order chi connectivity index (χ0) is 13.8. The van der Waals surface area contributed by atoms with Crippen molar-refractivity contribution < 1.29 is 4.39 Å². The van der Waals surface area contributed by atoms with Crippen molar-refractivity contribution in [2.24, 2.45) is 5.84 Å². The first-order valence-electron chi connectivity index (χ1n) is 6.02. The zero-order valence-corrected chi connectivity index (χ0v) is 12.1. The van der Waals surface area contributed by atoms with Crippen molar-refractivity contribution in [2.45, 2.75) is 19.4 Å². The highest BCUT2D eigenvalue weighted by Crippen LogP contribution is 2.27. The highest BCUT2D eigenvalue weighted by molar-refractivity contribution is 9.10. The van der Waals surface area contributed by atoms with E-state index in [0.29, 0.717) is 5.56 Å². The molecule has 0 aliphatic rings. The molecular weight excluding hydrogens is 309 g/mol. The van der Waals surface area contributed by atoms with Gasteiger partial charge in [-0.15, -0.1) is 0 Å². The van der Waals surface area contributed by atoms with E-state index in [1.807, 2.05) is 19.1 Å². The van der Waals surface area contributed by atoms with Gasteiger partial charge in [-0.25, -0.2) is 9.82 Å². The number of nitrogens with zero attached hydrogens (tertiary/aromatic N) is 1. The summed E-state index contributed by atoms with van der Waals surface area (Å²) in [6.45, 7) is 2.03. The van der Waals surface area contributed by atoms with Gasteiger partial charge in [-0.1, -0.05) is 28.9 Å². The summed E-state index contributed by atoms with van der Waals surface area (Å²) in [6.07, 6.45) is 2.51. The van der Waals surface area contributed by atoms with Crippen molar-refractivity contribution in [3.63, 3.8) is 0 Å². The SMILES string of the molecule is CCc1cccnc1C(NN)c1cc(Br)ccc1F. The van der Waals surface area contributed by atoms with Crippen LogP contribution in [0.3, 0.4) is 0 Å². The molecule has 2 rings (SSSR count). The van der Waals surface area contributed by atoms with Crippen molar-refractivity contribution in [3.8, 4) is 0 Å². The molecule has 0 fully saturated rings. The molecule has 1 atom stereocenters. The molecule has 19 heavy (non-hydrogen) atoms. The number of hydrazine groups is 1. The third kappa shape index (κ3) is 3.00. The number of hydrogen-bond acceptors (Lipinski definition) is 3. The number of hydrogen-bond donors (Lipinski definition) is 2. The lowest BCUT2D eigenvalue weighted by Crippen LogP contribution is -2.31. The van der Waals surface area contributed by atoms with E-state index in [0.717, 1.165) is 22.2 Å². The van der Waals surface area contributed by atoms with Crippen LogP contribution < -0.4 is 11.3 Å². The van der Waals surface area contributed by atoms with Crippen molar-refractivity contribution in [1.82, 2.24) is 10.4 Å². The zero-order valence-electron chi connectivity index (χ0n) is 10.5. The monoisotopic (exact) mass is 323 g/mol. The smallest absolute Gasteiger partial charge is 0.128 e. The molecule has 0 bridgehead atoms. The average Bonchev–Trinajstić information content (AvgIpc) is 2.44. The van der Waals surface area contributed by atoms with Gasteiger partial charge in [0.1, 0.15) is 5.82 Å². The summed E-state index contributed by atoms with van der Waals surface area (Å²) in [4.78, 5) is 4.34. The minimum absolute atomic E-state index is 0.307. The molecule has 100 valence electrons.